The predicted octanol–water partition coefficient (Wildman–Crippen LogP) is 2.38. The van der Waals surface area contributed by atoms with Gasteiger partial charge in [-0.05, 0) is 32.5 Å². The summed E-state index contributed by atoms with van der Waals surface area (Å²) in [6.45, 7) is 4.51. The van der Waals surface area contributed by atoms with Crippen LogP contribution in [0.15, 0.2) is 23.8 Å². The van der Waals surface area contributed by atoms with E-state index in [2.05, 4.69) is 38.6 Å². The molecule has 0 radical (unpaired) electrons. The van der Waals surface area contributed by atoms with Gasteiger partial charge in [-0.2, -0.15) is 0 Å². The number of hydrogen-bond acceptors (Lipinski definition) is 5. The molecule has 0 unspecified atom stereocenters. The average molecular weight is 317 g/mol. The number of fused-ring (bicyclic) bond motifs is 1. The fourth-order valence-corrected chi connectivity index (χ4v) is 3.15. The highest BCUT2D eigenvalue weighted by atomic mass is 32.1. The van der Waals surface area contributed by atoms with Gasteiger partial charge in [-0.1, -0.05) is 23.0 Å². The van der Waals surface area contributed by atoms with Crippen LogP contribution in [-0.4, -0.2) is 47.6 Å². The maximum absolute atomic E-state index is 11.9. The fraction of sp³-hybridized carbons (Fsp3) is 0.400. The van der Waals surface area contributed by atoms with Crippen LogP contribution in [0.1, 0.15) is 12.1 Å². The molecule has 2 aromatic rings. The first-order valence-electron chi connectivity index (χ1n) is 7.25. The Bertz CT molecular complexity index is 724. The van der Waals surface area contributed by atoms with Gasteiger partial charge in [0.2, 0.25) is 0 Å². The second-order valence-electron chi connectivity index (χ2n) is 5.48. The maximum atomic E-state index is 11.9. The predicted molar refractivity (Wildman–Crippen MR) is 89.4 cm³/mol. The van der Waals surface area contributed by atoms with Crippen LogP contribution in [0.3, 0.4) is 0 Å². The summed E-state index contributed by atoms with van der Waals surface area (Å²) in [5.74, 6) is 0. The van der Waals surface area contributed by atoms with Crippen molar-refractivity contribution >= 4 is 32.8 Å². The van der Waals surface area contributed by atoms with Gasteiger partial charge in [-0.3, -0.25) is 5.32 Å². The highest BCUT2D eigenvalue weighted by Crippen LogP contribution is 2.24. The van der Waals surface area contributed by atoms with Crippen molar-refractivity contribution in [1.29, 1.82) is 0 Å². The van der Waals surface area contributed by atoms with Crippen LogP contribution in [0, 0.1) is 6.92 Å². The summed E-state index contributed by atoms with van der Waals surface area (Å²) in [6.07, 6.45) is 3.18. The van der Waals surface area contributed by atoms with Gasteiger partial charge in [0.1, 0.15) is 10.3 Å². The van der Waals surface area contributed by atoms with E-state index >= 15 is 0 Å². The molecule has 0 saturated heterocycles. The zero-order valence-corrected chi connectivity index (χ0v) is 13.5. The molecule has 1 aliphatic heterocycles. The number of anilines is 1. The van der Waals surface area contributed by atoms with E-state index in [1.54, 1.807) is 0 Å². The van der Waals surface area contributed by atoms with Crippen molar-refractivity contribution in [3.8, 4) is 0 Å². The zero-order valence-electron chi connectivity index (χ0n) is 12.7. The van der Waals surface area contributed by atoms with Gasteiger partial charge < -0.3 is 10.2 Å². The highest BCUT2D eigenvalue weighted by Gasteiger charge is 2.11. The van der Waals surface area contributed by atoms with Crippen LogP contribution in [0.2, 0.25) is 0 Å². The number of hydrogen-bond donors (Lipinski definition) is 2. The smallest absolute Gasteiger partial charge is 0.321 e. The quantitative estimate of drug-likeness (QED) is 0.853. The lowest BCUT2D eigenvalue weighted by molar-refractivity contribution is 0.252. The Morgan fingerprint density at radius 3 is 3.05 bits per heavy atom. The van der Waals surface area contributed by atoms with Crippen molar-refractivity contribution in [2.45, 2.75) is 13.3 Å². The van der Waals surface area contributed by atoms with Crippen LogP contribution in [0.25, 0.3) is 10.3 Å². The Morgan fingerprint density at radius 2 is 2.27 bits per heavy atom. The van der Waals surface area contributed by atoms with E-state index in [9.17, 15) is 4.79 Å². The number of rotatable bonds is 3. The molecule has 0 bridgehead atoms. The summed E-state index contributed by atoms with van der Waals surface area (Å²) in [6, 6.07) is 3.61. The van der Waals surface area contributed by atoms with E-state index in [1.807, 2.05) is 19.1 Å². The molecule has 0 saturated carbocycles. The molecular formula is C15H19N5OS. The fourth-order valence-electron chi connectivity index (χ4n) is 2.27. The molecule has 22 heavy (non-hydrogen) atoms. The monoisotopic (exact) mass is 317 g/mol. The minimum atomic E-state index is -0.226. The zero-order chi connectivity index (χ0) is 15.5. The topological polar surface area (TPSA) is 70.2 Å². The number of amides is 2. The van der Waals surface area contributed by atoms with Crippen molar-refractivity contribution in [3.05, 3.63) is 29.5 Å². The van der Waals surface area contributed by atoms with E-state index in [-0.39, 0.29) is 6.03 Å². The molecule has 0 fully saturated rings. The van der Waals surface area contributed by atoms with Gasteiger partial charge in [0.25, 0.3) is 0 Å². The van der Waals surface area contributed by atoms with Gasteiger partial charge >= 0.3 is 6.03 Å². The Hall–Kier alpha value is -1.99. The van der Waals surface area contributed by atoms with Gasteiger partial charge in [-0.25, -0.2) is 14.8 Å². The minimum Gasteiger partial charge on any atom is -0.334 e. The third-order valence-corrected chi connectivity index (χ3v) is 4.48. The molecule has 0 spiro atoms. The Labute approximate surface area is 133 Å². The lowest BCUT2D eigenvalue weighted by atomic mass is 10.1. The number of nitrogens with zero attached hydrogens (tertiary/aromatic N) is 3. The van der Waals surface area contributed by atoms with Crippen LogP contribution in [0.5, 0.6) is 0 Å². The molecule has 3 heterocycles. The highest BCUT2D eigenvalue weighted by molar-refractivity contribution is 7.21. The lowest BCUT2D eigenvalue weighted by Crippen LogP contribution is -2.33. The van der Waals surface area contributed by atoms with E-state index < -0.39 is 0 Å². The minimum absolute atomic E-state index is 0.226. The molecule has 2 N–H and O–H groups in total. The summed E-state index contributed by atoms with van der Waals surface area (Å²) < 4.78 is 0. The van der Waals surface area contributed by atoms with Crippen molar-refractivity contribution in [1.82, 2.24) is 20.2 Å². The van der Waals surface area contributed by atoms with Gasteiger partial charge in [0.05, 0.1) is 0 Å². The number of aromatic nitrogens is 2. The molecule has 2 aromatic heterocycles. The van der Waals surface area contributed by atoms with Crippen LogP contribution >= 0.6 is 11.3 Å². The van der Waals surface area contributed by atoms with E-state index in [0.29, 0.717) is 11.7 Å². The van der Waals surface area contributed by atoms with Crippen LogP contribution in [-0.2, 0) is 0 Å². The first kappa shape index (κ1) is 14.9. The second kappa shape index (κ2) is 6.41. The number of carbonyl (C=O) groups is 1. The molecule has 3 rings (SSSR count). The molecule has 0 aromatic carbocycles. The molecule has 6 nitrogen and oxygen atoms in total. The van der Waals surface area contributed by atoms with Gasteiger partial charge in [0, 0.05) is 25.3 Å². The summed E-state index contributed by atoms with van der Waals surface area (Å²) in [5, 5.41) is 6.23. The average Bonchev–Trinajstić information content (AvgIpc) is 2.88. The van der Waals surface area contributed by atoms with Crippen LogP contribution < -0.4 is 10.6 Å². The summed E-state index contributed by atoms with van der Waals surface area (Å²) in [5.41, 5.74) is 3.03. The van der Waals surface area contributed by atoms with E-state index in [4.69, 9.17) is 0 Å². The van der Waals surface area contributed by atoms with Crippen molar-refractivity contribution < 1.29 is 4.79 Å². The standard InChI is InChI=1S/C15H19N5OS/c1-10-3-4-12-13(17-10)22-15(18-12)19-14(21)16-9-11-5-7-20(2)8-6-11/h3-5H,6-9H2,1-2H3,(H2,16,18,19,21). The largest absolute Gasteiger partial charge is 0.334 e. The first-order valence-corrected chi connectivity index (χ1v) is 8.07. The SMILES string of the molecule is Cc1ccc2nc(NC(=O)NCC3=CCN(C)CC3)sc2n1. The molecule has 7 heteroatoms. The maximum Gasteiger partial charge on any atom is 0.321 e. The van der Waals surface area contributed by atoms with Crippen molar-refractivity contribution in [2.75, 3.05) is 32.0 Å². The lowest BCUT2D eigenvalue weighted by Gasteiger charge is -2.21. The molecule has 0 aliphatic carbocycles. The first-order chi connectivity index (χ1) is 10.6. The molecule has 0 atom stereocenters. The third-order valence-electron chi connectivity index (χ3n) is 3.60. The summed E-state index contributed by atoms with van der Waals surface area (Å²) >= 11 is 1.39. The number of urea groups is 1. The van der Waals surface area contributed by atoms with Crippen molar-refractivity contribution in [2.24, 2.45) is 0 Å². The number of aryl methyl sites for hydroxylation is 1. The molecule has 1 aliphatic rings. The molecule has 116 valence electrons. The van der Waals surface area contributed by atoms with Crippen LogP contribution in [0.4, 0.5) is 9.93 Å². The summed E-state index contributed by atoms with van der Waals surface area (Å²) in [4.78, 5) is 23.8. The van der Waals surface area contributed by atoms with Gasteiger partial charge in [0.15, 0.2) is 5.13 Å². The summed E-state index contributed by atoms with van der Waals surface area (Å²) in [7, 11) is 2.09. The molecular weight excluding hydrogens is 298 g/mol. The number of carbonyl (C=O) groups excluding carboxylic acids is 1. The van der Waals surface area contributed by atoms with E-state index in [1.165, 1.54) is 16.9 Å². The third kappa shape index (κ3) is 3.61. The Kier molecular flexibility index (Phi) is 4.35. The number of thiazole rings is 1. The second-order valence-corrected chi connectivity index (χ2v) is 6.46. The number of pyridine rings is 1. The normalized spacial score (nSPS) is 15.6. The Morgan fingerprint density at radius 1 is 1.41 bits per heavy atom. The Balaban J connectivity index is 1.56. The number of nitrogens with one attached hydrogen (secondary N) is 2. The number of likely N-dealkylation sites (N-methyl/N-ethyl adjacent to an activating group) is 1. The van der Waals surface area contributed by atoms with Crippen molar-refractivity contribution in [3.63, 3.8) is 0 Å². The van der Waals surface area contributed by atoms with Gasteiger partial charge in [-0.15, -0.1) is 0 Å². The molecule has 2 amide bonds. The van der Waals surface area contributed by atoms with E-state index in [0.717, 1.165) is 35.6 Å².